The molecule has 0 unspecified atom stereocenters. The number of para-hydroxylation sites is 1. The van der Waals surface area contributed by atoms with E-state index in [9.17, 15) is 4.79 Å². The molecule has 0 saturated heterocycles. The van der Waals surface area contributed by atoms with Gasteiger partial charge in [0.15, 0.2) is 0 Å². The molecule has 0 fully saturated rings. The van der Waals surface area contributed by atoms with Crippen LogP contribution in [0.4, 0.5) is 0 Å². The van der Waals surface area contributed by atoms with Crippen LogP contribution in [0.5, 0.6) is 5.88 Å². The summed E-state index contributed by atoms with van der Waals surface area (Å²) in [5.41, 5.74) is 2.65. The number of nitrogens with zero attached hydrogens (tertiary/aromatic N) is 2. The van der Waals surface area contributed by atoms with Crippen molar-refractivity contribution < 1.29 is 9.53 Å². The van der Waals surface area contributed by atoms with Gasteiger partial charge in [-0.1, -0.05) is 18.2 Å². The Morgan fingerprint density at radius 2 is 2.06 bits per heavy atom. The van der Waals surface area contributed by atoms with Crippen molar-refractivity contribution in [2.24, 2.45) is 0 Å². The molecule has 16 heavy (non-hydrogen) atoms. The summed E-state index contributed by atoms with van der Waals surface area (Å²) in [5, 5.41) is 4.38. The van der Waals surface area contributed by atoms with Gasteiger partial charge in [0.25, 0.3) is 0 Å². The zero-order chi connectivity index (χ0) is 11.1. The van der Waals surface area contributed by atoms with E-state index in [0.717, 1.165) is 16.9 Å². The molecule has 4 heteroatoms. The fourth-order valence-electron chi connectivity index (χ4n) is 1.88. The third-order valence-corrected chi connectivity index (χ3v) is 2.67. The first kappa shape index (κ1) is 9.15. The molecule has 0 atom stereocenters. The predicted molar refractivity (Wildman–Crippen MR) is 57.6 cm³/mol. The summed E-state index contributed by atoms with van der Waals surface area (Å²) in [6, 6.07) is 9.65. The highest BCUT2D eigenvalue weighted by molar-refractivity contribution is 5.81. The van der Waals surface area contributed by atoms with Crippen LogP contribution in [0.15, 0.2) is 30.3 Å². The van der Waals surface area contributed by atoms with E-state index < -0.39 is 0 Å². The molecule has 0 aliphatic carbocycles. The fourth-order valence-corrected chi connectivity index (χ4v) is 1.88. The highest BCUT2D eigenvalue weighted by Gasteiger charge is 2.28. The molecule has 2 heterocycles. The highest BCUT2D eigenvalue weighted by Crippen LogP contribution is 2.30. The van der Waals surface area contributed by atoms with Gasteiger partial charge in [0.1, 0.15) is 0 Å². The number of aromatic nitrogens is 2. The van der Waals surface area contributed by atoms with Crippen LogP contribution >= 0.6 is 0 Å². The summed E-state index contributed by atoms with van der Waals surface area (Å²) >= 11 is 0. The van der Waals surface area contributed by atoms with E-state index in [1.807, 2.05) is 37.3 Å². The summed E-state index contributed by atoms with van der Waals surface area (Å²) in [7, 11) is 0. The number of hydrogen-bond donors (Lipinski definition) is 0. The van der Waals surface area contributed by atoms with Gasteiger partial charge in [-0.25, -0.2) is 4.68 Å². The minimum Gasteiger partial charge on any atom is -0.407 e. The maximum absolute atomic E-state index is 11.2. The van der Waals surface area contributed by atoms with Crippen molar-refractivity contribution in [1.82, 2.24) is 9.78 Å². The average Bonchev–Trinajstić information content (AvgIpc) is 2.80. The van der Waals surface area contributed by atoms with Crippen molar-refractivity contribution in [3.63, 3.8) is 0 Å². The van der Waals surface area contributed by atoms with Crippen molar-refractivity contribution in [2.75, 3.05) is 0 Å². The quantitative estimate of drug-likeness (QED) is 0.678. The molecule has 2 aromatic rings. The third-order valence-electron chi connectivity index (χ3n) is 2.67. The van der Waals surface area contributed by atoms with E-state index in [1.165, 1.54) is 0 Å². The number of fused-ring (bicyclic) bond motifs is 1. The summed E-state index contributed by atoms with van der Waals surface area (Å²) in [4.78, 5) is 11.2. The topological polar surface area (TPSA) is 44.1 Å². The number of carbonyl (C=O) groups excluding carboxylic acids is 1. The molecular formula is C12H10N2O2. The number of esters is 1. The number of ether oxygens (including phenoxy) is 1. The van der Waals surface area contributed by atoms with E-state index in [0.29, 0.717) is 12.3 Å². The fraction of sp³-hybridized carbons (Fsp3) is 0.167. The van der Waals surface area contributed by atoms with Crippen LogP contribution in [0.25, 0.3) is 5.69 Å². The van der Waals surface area contributed by atoms with E-state index >= 15 is 0 Å². The first-order valence-electron chi connectivity index (χ1n) is 5.10. The van der Waals surface area contributed by atoms with Crippen LogP contribution in [-0.4, -0.2) is 15.7 Å². The molecule has 0 radical (unpaired) electrons. The van der Waals surface area contributed by atoms with Crippen LogP contribution in [0, 0.1) is 6.92 Å². The molecule has 1 aromatic heterocycles. The molecule has 0 N–H and O–H groups in total. The number of hydrogen-bond acceptors (Lipinski definition) is 3. The summed E-state index contributed by atoms with van der Waals surface area (Å²) in [6.07, 6.45) is 0.327. The molecule has 4 nitrogen and oxygen atoms in total. The lowest BCUT2D eigenvalue weighted by Gasteiger charge is -2.03. The van der Waals surface area contributed by atoms with Crippen LogP contribution in [-0.2, 0) is 11.2 Å². The van der Waals surface area contributed by atoms with Gasteiger partial charge >= 0.3 is 5.97 Å². The average molecular weight is 214 g/mol. The minimum atomic E-state index is -0.208. The van der Waals surface area contributed by atoms with Gasteiger partial charge < -0.3 is 4.74 Å². The Hall–Kier alpha value is -2.10. The van der Waals surface area contributed by atoms with E-state index in [4.69, 9.17) is 4.74 Å². The number of carbonyl (C=O) groups is 1. The summed E-state index contributed by atoms with van der Waals surface area (Å²) < 4.78 is 6.85. The second-order valence-corrected chi connectivity index (χ2v) is 3.77. The van der Waals surface area contributed by atoms with Crippen molar-refractivity contribution in [3.8, 4) is 11.6 Å². The lowest BCUT2D eigenvalue weighted by Crippen LogP contribution is -2.07. The monoisotopic (exact) mass is 214 g/mol. The van der Waals surface area contributed by atoms with E-state index in [2.05, 4.69) is 5.10 Å². The summed E-state index contributed by atoms with van der Waals surface area (Å²) in [5.74, 6) is 0.355. The Morgan fingerprint density at radius 3 is 2.81 bits per heavy atom. The zero-order valence-corrected chi connectivity index (χ0v) is 8.80. The lowest BCUT2D eigenvalue weighted by molar-refractivity contribution is -0.132. The van der Waals surface area contributed by atoms with Crippen LogP contribution in [0.2, 0.25) is 0 Å². The molecule has 0 amide bonds. The second kappa shape index (κ2) is 3.20. The van der Waals surface area contributed by atoms with Gasteiger partial charge in [-0.2, -0.15) is 5.10 Å². The SMILES string of the molecule is Cc1nn(-c2ccccc2)c2c1CC(=O)O2. The maximum Gasteiger partial charge on any atom is 0.317 e. The van der Waals surface area contributed by atoms with Crippen LogP contribution < -0.4 is 4.74 Å². The standard InChI is InChI=1S/C12H10N2O2/c1-8-10-7-11(15)16-12(10)14(13-8)9-5-3-2-4-6-9/h2-6H,7H2,1H3. The number of rotatable bonds is 1. The van der Waals surface area contributed by atoms with Gasteiger partial charge in [0.05, 0.1) is 17.8 Å². The Balaban J connectivity index is 2.17. The van der Waals surface area contributed by atoms with Gasteiger partial charge in [-0.05, 0) is 19.1 Å². The molecule has 1 aromatic carbocycles. The molecular weight excluding hydrogens is 204 g/mol. The number of aryl methyl sites for hydroxylation is 1. The van der Waals surface area contributed by atoms with Gasteiger partial charge in [0.2, 0.25) is 5.88 Å². The minimum absolute atomic E-state index is 0.208. The Kier molecular flexibility index (Phi) is 1.83. The first-order valence-corrected chi connectivity index (χ1v) is 5.10. The van der Waals surface area contributed by atoms with Crippen molar-refractivity contribution in [1.29, 1.82) is 0 Å². The zero-order valence-electron chi connectivity index (χ0n) is 8.80. The van der Waals surface area contributed by atoms with Crippen LogP contribution in [0.3, 0.4) is 0 Å². The molecule has 0 spiro atoms. The molecule has 0 bridgehead atoms. The number of benzene rings is 1. The Labute approximate surface area is 92.5 Å². The smallest absolute Gasteiger partial charge is 0.317 e. The van der Waals surface area contributed by atoms with Gasteiger partial charge in [0, 0.05) is 5.56 Å². The summed E-state index contributed by atoms with van der Waals surface area (Å²) in [6.45, 7) is 1.89. The molecule has 0 saturated carbocycles. The molecule has 1 aliphatic heterocycles. The molecule has 1 aliphatic rings. The van der Waals surface area contributed by atoms with Crippen LogP contribution in [0.1, 0.15) is 11.3 Å². The molecule has 80 valence electrons. The first-order chi connectivity index (χ1) is 7.75. The van der Waals surface area contributed by atoms with E-state index in [-0.39, 0.29) is 5.97 Å². The van der Waals surface area contributed by atoms with E-state index in [1.54, 1.807) is 4.68 Å². The third kappa shape index (κ3) is 1.23. The maximum atomic E-state index is 11.2. The van der Waals surface area contributed by atoms with Gasteiger partial charge in [-0.15, -0.1) is 0 Å². The predicted octanol–water partition coefficient (Wildman–Crippen LogP) is 1.64. The van der Waals surface area contributed by atoms with Crippen molar-refractivity contribution in [2.45, 2.75) is 13.3 Å². The Morgan fingerprint density at radius 1 is 1.31 bits per heavy atom. The highest BCUT2D eigenvalue weighted by atomic mass is 16.5. The largest absolute Gasteiger partial charge is 0.407 e. The lowest BCUT2D eigenvalue weighted by atomic mass is 10.2. The molecule has 3 rings (SSSR count). The normalized spacial score (nSPS) is 13.7. The van der Waals surface area contributed by atoms with Gasteiger partial charge in [-0.3, -0.25) is 4.79 Å². The van der Waals surface area contributed by atoms with Crippen molar-refractivity contribution >= 4 is 5.97 Å². The van der Waals surface area contributed by atoms with Crippen molar-refractivity contribution in [3.05, 3.63) is 41.6 Å². The Bertz CT molecular complexity index is 558. The second-order valence-electron chi connectivity index (χ2n) is 3.77.